The van der Waals surface area contributed by atoms with E-state index >= 15 is 0 Å². The Morgan fingerprint density at radius 1 is 1.14 bits per heavy atom. The molecule has 4 heteroatoms. The van der Waals surface area contributed by atoms with Crippen molar-refractivity contribution >= 4 is 11.6 Å². The van der Waals surface area contributed by atoms with Crippen molar-refractivity contribution in [1.29, 1.82) is 0 Å². The summed E-state index contributed by atoms with van der Waals surface area (Å²) < 4.78 is 0. The Hall–Kier alpha value is -2.33. The van der Waals surface area contributed by atoms with Gasteiger partial charge in [0.1, 0.15) is 6.10 Å². The van der Waals surface area contributed by atoms with Crippen LogP contribution < -0.4 is 11.1 Å². The lowest BCUT2D eigenvalue weighted by atomic mass is 9.91. The first-order valence-electron chi connectivity index (χ1n) is 7.27. The number of anilines is 1. The summed E-state index contributed by atoms with van der Waals surface area (Å²) in [5, 5.41) is 13.4. The molecule has 0 heterocycles. The molecule has 2 aromatic carbocycles. The maximum atomic E-state index is 12.2. The highest BCUT2D eigenvalue weighted by Gasteiger charge is 2.30. The molecule has 0 spiro atoms. The Labute approximate surface area is 131 Å². The predicted octanol–water partition coefficient (Wildman–Crippen LogP) is 2.44. The van der Waals surface area contributed by atoms with Crippen LogP contribution in [0.15, 0.2) is 54.6 Å². The van der Waals surface area contributed by atoms with Crippen molar-refractivity contribution in [2.75, 3.05) is 5.73 Å². The fourth-order valence-corrected chi connectivity index (χ4v) is 2.39. The van der Waals surface area contributed by atoms with E-state index in [1.165, 1.54) is 0 Å². The van der Waals surface area contributed by atoms with E-state index in [-0.39, 0.29) is 12.3 Å². The number of rotatable bonds is 5. The number of nitrogens with two attached hydrogens (primary N) is 1. The number of carbonyl (C=O) groups excluding carboxylic acids is 1. The summed E-state index contributed by atoms with van der Waals surface area (Å²) in [4.78, 5) is 12.2. The minimum absolute atomic E-state index is 0.169. The van der Waals surface area contributed by atoms with Crippen molar-refractivity contribution in [3.63, 3.8) is 0 Å². The Morgan fingerprint density at radius 3 is 2.36 bits per heavy atom. The number of hydrogen-bond acceptors (Lipinski definition) is 3. The standard InChI is InChI=1S/C18H22N2O2/c1-18(2,17(22)13-8-4-3-5-9-13)20-16(21)12-14-10-6-7-11-15(14)19/h3-11,17,22H,12,19H2,1-2H3,(H,20,21). The molecule has 2 aromatic rings. The van der Waals surface area contributed by atoms with Gasteiger partial charge in [-0.05, 0) is 31.0 Å². The maximum Gasteiger partial charge on any atom is 0.225 e. The minimum atomic E-state index is -0.786. The topological polar surface area (TPSA) is 75.4 Å². The van der Waals surface area contributed by atoms with Crippen LogP contribution in [0, 0.1) is 0 Å². The molecule has 0 saturated heterocycles. The van der Waals surface area contributed by atoms with E-state index in [0.717, 1.165) is 11.1 Å². The third-order valence-electron chi connectivity index (χ3n) is 3.67. The van der Waals surface area contributed by atoms with Crippen LogP contribution in [0.3, 0.4) is 0 Å². The monoisotopic (exact) mass is 298 g/mol. The van der Waals surface area contributed by atoms with E-state index in [1.807, 2.05) is 48.5 Å². The number of para-hydroxylation sites is 1. The molecule has 0 aliphatic carbocycles. The molecule has 1 atom stereocenters. The van der Waals surface area contributed by atoms with E-state index < -0.39 is 11.6 Å². The molecule has 0 aromatic heterocycles. The third-order valence-corrected chi connectivity index (χ3v) is 3.67. The van der Waals surface area contributed by atoms with Gasteiger partial charge in [0, 0.05) is 5.69 Å². The quantitative estimate of drug-likeness (QED) is 0.742. The molecule has 0 aliphatic rings. The second-order valence-electron chi connectivity index (χ2n) is 5.96. The normalized spacial score (nSPS) is 12.7. The summed E-state index contributed by atoms with van der Waals surface area (Å²) in [6, 6.07) is 16.6. The summed E-state index contributed by atoms with van der Waals surface area (Å²) in [6.45, 7) is 3.60. The zero-order chi connectivity index (χ0) is 16.2. The third kappa shape index (κ3) is 3.86. The van der Waals surface area contributed by atoms with Gasteiger partial charge in [0.25, 0.3) is 0 Å². The molecule has 4 nitrogen and oxygen atoms in total. The maximum absolute atomic E-state index is 12.2. The van der Waals surface area contributed by atoms with Gasteiger partial charge in [-0.2, -0.15) is 0 Å². The summed E-state index contributed by atoms with van der Waals surface area (Å²) in [5.41, 5.74) is 7.23. The first kappa shape index (κ1) is 16.0. The number of hydrogen-bond donors (Lipinski definition) is 3. The largest absolute Gasteiger partial charge is 0.398 e. The number of benzene rings is 2. The number of nitrogen functional groups attached to an aromatic ring is 1. The predicted molar refractivity (Wildman–Crippen MR) is 88.2 cm³/mol. The Balaban J connectivity index is 2.05. The van der Waals surface area contributed by atoms with Gasteiger partial charge in [-0.15, -0.1) is 0 Å². The average Bonchev–Trinajstić information content (AvgIpc) is 2.49. The van der Waals surface area contributed by atoms with Crippen LogP contribution in [0.4, 0.5) is 5.69 Å². The van der Waals surface area contributed by atoms with E-state index in [9.17, 15) is 9.90 Å². The van der Waals surface area contributed by atoms with Crippen LogP contribution in [0.25, 0.3) is 0 Å². The van der Waals surface area contributed by atoms with Gasteiger partial charge in [-0.3, -0.25) is 4.79 Å². The zero-order valence-corrected chi connectivity index (χ0v) is 12.9. The molecule has 0 aliphatic heterocycles. The van der Waals surface area contributed by atoms with Crippen molar-refractivity contribution in [1.82, 2.24) is 5.32 Å². The van der Waals surface area contributed by atoms with Crippen LogP contribution in [0.1, 0.15) is 31.1 Å². The van der Waals surface area contributed by atoms with Gasteiger partial charge < -0.3 is 16.2 Å². The van der Waals surface area contributed by atoms with Crippen molar-refractivity contribution < 1.29 is 9.90 Å². The van der Waals surface area contributed by atoms with E-state index in [2.05, 4.69) is 5.32 Å². The van der Waals surface area contributed by atoms with E-state index in [4.69, 9.17) is 5.73 Å². The highest BCUT2D eigenvalue weighted by Crippen LogP contribution is 2.25. The lowest BCUT2D eigenvalue weighted by Crippen LogP contribution is -2.48. The van der Waals surface area contributed by atoms with Gasteiger partial charge in [-0.1, -0.05) is 48.5 Å². The van der Waals surface area contributed by atoms with Crippen molar-refractivity contribution in [2.45, 2.75) is 31.9 Å². The van der Waals surface area contributed by atoms with Crippen molar-refractivity contribution in [3.8, 4) is 0 Å². The average molecular weight is 298 g/mol. The molecular weight excluding hydrogens is 276 g/mol. The lowest BCUT2D eigenvalue weighted by Gasteiger charge is -2.32. The minimum Gasteiger partial charge on any atom is -0.398 e. The summed E-state index contributed by atoms with van der Waals surface area (Å²) in [6.07, 6.45) is -0.594. The van der Waals surface area contributed by atoms with Crippen LogP contribution in [-0.2, 0) is 11.2 Å². The van der Waals surface area contributed by atoms with Gasteiger partial charge in [-0.25, -0.2) is 0 Å². The zero-order valence-electron chi connectivity index (χ0n) is 12.9. The highest BCUT2D eigenvalue weighted by molar-refractivity contribution is 5.81. The molecular formula is C18H22N2O2. The first-order chi connectivity index (χ1) is 10.4. The summed E-state index contributed by atoms with van der Waals surface area (Å²) in [7, 11) is 0. The van der Waals surface area contributed by atoms with Crippen LogP contribution in [-0.4, -0.2) is 16.6 Å². The van der Waals surface area contributed by atoms with E-state index in [1.54, 1.807) is 19.9 Å². The molecule has 116 valence electrons. The van der Waals surface area contributed by atoms with E-state index in [0.29, 0.717) is 5.69 Å². The number of amides is 1. The Bertz CT molecular complexity index is 639. The van der Waals surface area contributed by atoms with Gasteiger partial charge in [0.15, 0.2) is 0 Å². The SMILES string of the molecule is CC(C)(NC(=O)Cc1ccccc1N)C(O)c1ccccc1. The molecule has 1 amide bonds. The molecule has 4 N–H and O–H groups in total. The second-order valence-corrected chi connectivity index (χ2v) is 5.96. The first-order valence-corrected chi connectivity index (χ1v) is 7.27. The fraction of sp³-hybridized carbons (Fsp3) is 0.278. The molecule has 0 fully saturated rings. The van der Waals surface area contributed by atoms with Crippen LogP contribution in [0.5, 0.6) is 0 Å². The number of nitrogens with one attached hydrogen (secondary N) is 1. The number of aliphatic hydroxyl groups excluding tert-OH is 1. The Morgan fingerprint density at radius 2 is 1.73 bits per heavy atom. The molecule has 22 heavy (non-hydrogen) atoms. The molecule has 0 saturated carbocycles. The van der Waals surface area contributed by atoms with Gasteiger partial charge in [0.05, 0.1) is 12.0 Å². The van der Waals surface area contributed by atoms with Crippen molar-refractivity contribution in [2.24, 2.45) is 0 Å². The number of aliphatic hydroxyl groups is 1. The molecule has 0 radical (unpaired) electrons. The Kier molecular flexibility index (Phi) is 4.83. The highest BCUT2D eigenvalue weighted by atomic mass is 16.3. The van der Waals surface area contributed by atoms with Crippen molar-refractivity contribution in [3.05, 3.63) is 65.7 Å². The van der Waals surface area contributed by atoms with Crippen LogP contribution in [0.2, 0.25) is 0 Å². The van der Waals surface area contributed by atoms with Gasteiger partial charge >= 0.3 is 0 Å². The number of carbonyl (C=O) groups is 1. The smallest absolute Gasteiger partial charge is 0.225 e. The fourth-order valence-electron chi connectivity index (χ4n) is 2.39. The van der Waals surface area contributed by atoms with Crippen LogP contribution >= 0.6 is 0 Å². The lowest BCUT2D eigenvalue weighted by molar-refractivity contribution is -0.123. The van der Waals surface area contributed by atoms with Gasteiger partial charge in [0.2, 0.25) is 5.91 Å². The summed E-state index contributed by atoms with van der Waals surface area (Å²) >= 11 is 0. The second kappa shape index (κ2) is 6.62. The molecule has 2 rings (SSSR count). The molecule has 1 unspecified atom stereocenters. The summed E-state index contributed by atoms with van der Waals surface area (Å²) in [5.74, 6) is -0.169. The molecule has 0 bridgehead atoms.